The van der Waals surface area contributed by atoms with Crippen molar-refractivity contribution in [2.75, 3.05) is 25.0 Å². The molecule has 0 unspecified atom stereocenters. The van der Waals surface area contributed by atoms with Crippen molar-refractivity contribution in [3.63, 3.8) is 0 Å². The molecule has 1 fully saturated rings. The summed E-state index contributed by atoms with van der Waals surface area (Å²) in [6, 6.07) is 13.0. The molecule has 162 valence electrons. The lowest BCUT2D eigenvalue weighted by atomic mass is 10.1. The van der Waals surface area contributed by atoms with Gasteiger partial charge in [-0.2, -0.15) is 0 Å². The van der Waals surface area contributed by atoms with E-state index in [1.807, 2.05) is 41.3 Å². The topological polar surface area (TPSA) is 92.1 Å². The van der Waals surface area contributed by atoms with Gasteiger partial charge in [-0.15, -0.1) is 5.10 Å². The number of hydrogen-bond acceptors (Lipinski definition) is 4. The van der Waals surface area contributed by atoms with Crippen LogP contribution in [0.15, 0.2) is 42.5 Å². The van der Waals surface area contributed by atoms with Gasteiger partial charge in [0.05, 0.1) is 12.1 Å². The van der Waals surface area contributed by atoms with Crippen LogP contribution in [0.3, 0.4) is 0 Å². The zero-order chi connectivity index (χ0) is 21.6. The van der Waals surface area contributed by atoms with Crippen molar-refractivity contribution in [2.24, 2.45) is 0 Å². The number of carbonyl (C=O) groups excluding carboxylic acids is 2. The van der Waals surface area contributed by atoms with Gasteiger partial charge in [0.15, 0.2) is 0 Å². The molecule has 0 spiro atoms. The number of rotatable bonds is 6. The summed E-state index contributed by atoms with van der Waals surface area (Å²) in [7, 11) is 0. The van der Waals surface area contributed by atoms with E-state index in [-0.39, 0.29) is 11.9 Å². The molecule has 3 aromatic rings. The number of carbonyl (C=O) groups is 2. The summed E-state index contributed by atoms with van der Waals surface area (Å²) >= 11 is 0. The smallest absolute Gasteiger partial charge is 0.319 e. The highest BCUT2D eigenvalue weighted by molar-refractivity contribution is 5.97. The molecule has 4 rings (SSSR count). The number of anilines is 1. The first-order valence-electron chi connectivity index (χ1n) is 10.9. The van der Waals surface area contributed by atoms with Crippen molar-refractivity contribution in [1.29, 1.82) is 0 Å². The molecule has 1 aliphatic rings. The standard InChI is InChI=1S/C23H28N6O2/c1-2-17-6-9-19(10-7-17)25-23(31)24-12-15-29-21-11-8-18(16-20(21)26-27-29)22(30)28-13-4-3-5-14-28/h6-11,16H,2-5,12-15H2,1H3,(H2,24,25,31). The van der Waals surface area contributed by atoms with Gasteiger partial charge >= 0.3 is 6.03 Å². The molecule has 1 aliphatic heterocycles. The van der Waals surface area contributed by atoms with Crippen molar-refractivity contribution >= 4 is 28.7 Å². The maximum absolute atomic E-state index is 12.7. The van der Waals surface area contributed by atoms with E-state index in [9.17, 15) is 9.59 Å². The van der Waals surface area contributed by atoms with Gasteiger partial charge in [-0.25, -0.2) is 9.48 Å². The lowest BCUT2D eigenvalue weighted by Crippen LogP contribution is -2.35. The van der Waals surface area contributed by atoms with Crippen LogP contribution in [-0.4, -0.2) is 51.5 Å². The second-order valence-corrected chi connectivity index (χ2v) is 7.80. The summed E-state index contributed by atoms with van der Waals surface area (Å²) in [5.74, 6) is 0.0569. The van der Waals surface area contributed by atoms with Crippen LogP contribution in [0.25, 0.3) is 11.0 Å². The summed E-state index contributed by atoms with van der Waals surface area (Å²) in [6.07, 6.45) is 4.28. The molecule has 2 heterocycles. The van der Waals surface area contributed by atoms with Crippen LogP contribution in [0.5, 0.6) is 0 Å². The van der Waals surface area contributed by atoms with E-state index in [0.29, 0.717) is 24.2 Å². The molecular formula is C23H28N6O2. The number of fused-ring (bicyclic) bond motifs is 1. The predicted molar refractivity (Wildman–Crippen MR) is 120 cm³/mol. The SMILES string of the molecule is CCc1ccc(NC(=O)NCCn2nnc3cc(C(=O)N4CCCCC4)ccc32)cc1. The first-order valence-corrected chi connectivity index (χ1v) is 10.9. The Morgan fingerprint density at radius 3 is 2.55 bits per heavy atom. The van der Waals surface area contributed by atoms with Crippen molar-refractivity contribution in [2.45, 2.75) is 39.2 Å². The molecule has 0 radical (unpaired) electrons. The van der Waals surface area contributed by atoms with E-state index in [1.165, 1.54) is 12.0 Å². The van der Waals surface area contributed by atoms with E-state index in [2.05, 4.69) is 27.9 Å². The predicted octanol–water partition coefficient (Wildman–Crippen LogP) is 3.44. The Bertz CT molecular complexity index is 1050. The van der Waals surface area contributed by atoms with E-state index in [0.717, 1.165) is 43.6 Å². The second kappa shape index (κ2) is 9.59. The molecule has 2 aromatic carbocycles. The van der Waals surface area contributed by atoms with E-state index in [1.54, 1.807) is 10.7 Å². The molecule has 0 atom stereocenters. The minimum absolute atomic E-state index is 0.0569. The molecule has 1 saturated heterocycles. The largest absolute Gasteiger partial charge is 0.339 e. The number of amides is 3. The van der Waals surface area contributed by atoms with Gasteiger partial charge < -0.3 is 15.5 Å². The number of aryl methyl sites for hydroxylation is 1. The fourth-order valence-corrected chi connectivity index (χ4v) is 3.82. The molecule has 0 aliphatic carbocycles. The number of aromatic nitrogens is 3. The third-order valence-corrected chi connectivity index (χ3v) is 5.63. The number of nitrogens with zero attached hydrogens (tertiary/aromatic N) is 4. The zero-order valence-corrected chi connectivity index (χ0v) is 17.8. The third-order valence-electron chi connectivity index (χ3n) is 5.63. The fraction of sp³-hybridized carbons (Fsp3) is 0.391. The fourth-order valence-electron chi connectivity index (χ4n) is 3.82. The molecule has 0 saturated carbocycles. The van der Waals surface area contributed by atoms with Gasteiger partial charge in [0.1, 0.15) is 5.52 Å². The monoisotopic (exact) mass is 420 g/mol. The maximum Gasteiger partial charge on any atom is 0.319 e. The maximum atomic E-state index is 12.7. The Balaban J connectivity index is 1.32. The van der Waals surface area contributed by atoms with Crippen LogP contribution in [-0.2, 0) is 13.0 Å². The number of urea groups is 1. The molecule has 1 aromatic heterocycles. The van der Waals surface area contributed by atoms with Crippen LogP contribution in [0.2, 0.25) is 0 Å². The average molecular weight is 421 g/mol. The molecule has 2 N–H and O–H groups in total. The van der Waals surface area contributed by atoms with Crippen LogP contribution in [0.1, 0.15) is 42.1 Å². The molecular weight excluding hydrogens is 392 g/mol. The summed E-state index contributed by atoms with van der Waals surface area (Å²) in [4.78, 5) is 26.7. The number of nitrogens with one attached hydrogen (secondary N) is 2. The lowest BCUT2D eigenvalue weighted by Gasteiger charge is -2.26. The van der Waals surface area contributed by atoms with Crippen LogP contribution in [0, 0.1) is 0 Å². The first-order chi connectivity index (χ1) is 15.1. The number of piperidine rings is 1. The van der Waals surface area contributed by atoms with Gasteiger partial charge in [0, 0.05) is 30.9 Å². The van der Waals surface area contributed by atoms with E-state index < -0.39 is 0 Å². The lowest BCUT2D eigenvalue weighted by molar-refractivity contribution is 0.0724. The highest BCUT2D eigenvalue weighted by Gasteiger charge is 2.19. The molecule has 8 nitrogen and oxygen atoms in total. The van der Waals surface area contributed by atoms with E-state index >= 15 is 0 Å². The van der Waals surface area contributed by atoms with Gasteiger partial charge in [0.2, 0.25) is 0 Å². The second-order valence-electron chi connectivity index (χ2n) is 7.80. The quantitative estimate of drug-likeness (QED) is 0.639. The van der Waals surface area contributed by atoms with Crippen LogP contribution >= 0.6 is 0 Å². The summed E-state index contributed by atoms with van der Waals surface area (Å²) in [5, 5.41) is 14.0. The first kappa shape index (κ1) is 20.8. The number of hydrogen-bond donors (Lipinski definition) is 2. The van der Waals surface area contributed by atoms with E-state index in [4.69, 9.17) is 0 Å². The highest BCUT2D eigenvalue weighted by Crippen LogP contribution is 2.17. The van der Waals surface area contributed by atoms with Crippen molar-refractivity contribution < 1.29 is 9.59 Å². The number of benzene rings is 2. The van der Waals surface area contributed by atoms with Gasteiger partial charge in [-0.1, -0.05) is 24.3 Å². The summed E-state index contributed by atoms with van der Waals surface area (Å²) in [5.41, 5.74) is 4.15. The summed E-state index contributed by atoms with van der Waals surface area (Å²) < 4.78 is 1.74. The molecule has 8 heteroatoms. The van der Waals surface area contributed by atoms with Gasteiger partial charge in [-0.05, 0) is 61.6 Å². The Kier molecular flexibility index (Phi) is 6.45. The van der Waals surface area contributed by atoms with Crippen molar-refractivity contribution in [3.05, 3.63) is 53.6 Å². The minimum atomic E-state index is -0.261. The van der Waals surface area contributed by atoms with Crippen LogP contribution < -0.4 is 10.6 Å². The van der Waals surface area contributed by atoms with Crippen molar-refractivity contribution in [1.82, 2.24) is 25.2 Å². The van der Waals surface area contributed by atoms with Crippen LogP contribution in [0.4, 0.5) is 10.5 Å². The average Bonchev–Trinajstić information content (AvgIpc) is 3.22. The molecule has 0 bridgehead atoms. The zero-order valence-electron chi connectivity index (χ0n) is 17.8. The Morgan fingerprint density at radius 1 is 1.03 bits per heavy atom. The van der Waals surface area contributed by atoms with Gasteiger partial charge in [-0.3, -0.25) is 4.79 Å². The molecule has 31 heavy (non-hydrogen) atoms. The Hall–Kier alpha value is -3.42. The molecule has 3 amide bonds. The van der Waals surface area contributed by atoms with Gasteiger partial charge in [0.25, 0.3) is 5.91 Å². The third kappa shape index (κ3) is 5.02. The number of likely N-dealkylation sites (tertiary alicyclic amines) is 1. The summed E-state index contributed by atoms with van der Waals surface area (Å²) in [6.45, 7) is 4.63. The minimum Gasteiger partial charge on any atom is -0.339 e. The van der Waals surface area contributed by atoms with Crippen molar-refractivity contribution in [3.8, 4) is 0 Å². The Morgan fingerprint density at radius 2 is 1.81 bits per heavy atom. The normalized spacial score (nSPS) is 13.9. The Labute approximate surface area is 181 Å². The highest BCUT2D eigenvalue weighted by atomic mass is 16.2.